The van der Waals surface area contributed by atoms with Crippen LogP contribution in [0.25, 0.3) is 5.57 Å². The minimum absolute atomic E-state index is 0.0327. The Morgan fingerprint density at radius 3 is 2.73 bits per heavy atom. The minimum Gasteiger partial charge on any atom is -0.481 e. The van der Waals surface area contributed by atoms with Crippen molar-refractivity contribution in [2.75, 3.05) is 11.9 Å². The second kappa shape index (κ2) is 9.77. The quantitative estimate of drug-likeness (QED) is 0.258. The fourth-order valence-electron chi connectivity index (χ4n) is 5.01. The summed E-state index contributed by atoms with van der Waals surface area (Å²) in [7, 11) is 2.03. The summed E-state index contributed by atoms with van der Waals surface area (Å²) < 4.78 is 1.66. The van der Waals surface area contributed by atoms with E-state index in [1.165, 1.54) is 0 Å². The Morgan fingerprint density at radius 2 is 2.12 bits per heavy atom. The van der Waals surface area contributed by atoms with Gasteiger partial charge in [-0.1, -0.05) is 34.7 Å². The molecule has 174 valence electrons. The maximum absolute atomic E-state index is 11.4. The van der Waals surface area contributed by atoms with Crippen LogP contribution < -0.4 is 4.90 Å². The highest BCUT2D eigenvalue weighted by atomic mass is 79.9. The van der Waals surface area contributed by atoms with Gasteiger partial charge in [-0.05, 0) is 54.0 Å². The second-order valence-corrected chi connectivity index (χ2v) is 10.5. The average molecular weight is 530 g/mol. The Hall–Kier alpha value is -2.52. The fraction of sp³-hybridized carbons (Fsp3) is 0.417. The van der Waals surface area contributed by atoms with E-state index in [2.05, 4.69) is 32.5 Å². The smallest absolute Gasteiger partial charge is 0.306 e. The molecular formula is C24H28BrN5O2S. The molecule has 4 rings (SSSR count). The van der Waals surface area contributed by atoms with Crippen LogP contribution in [-0.4, -0.2) is 50.3 Å². The molecule has 2 atom stereocenters. The zero-order valence-electron chi connectivity index (χ0n) is 18.5. The predicted molar refractivity (Wildman–Crippen MR) is 137 cm³/mol. The molecule has 0 amide bonds. The first-order valence-electron chi connectivity index (χ1n) is 11.0. The highest BCUT2D eigenvalue weighted by molar-refractivity contribution is 9.10. The van der Waals surface area contributed by atoms with E-state index in [-0.39, 0.29) is 22.7 Å². The molecule has 1 aliphatic heterocycles. The van der Waals surface area contributed by atoms with Gasteiger partial charge in [-0.3, -0.25) is 10.2 Å². The molecule has 7 nitrogen and oxygen atoms in total. The molecule has 0 bridgehead atoms. The van der Waals surface area contributed by atoms with E-state index >= 15 is 0 Å². The molecular weight excluding hydrogens is 502 g/mol. The van der Waals surface area contributed by atoms with Gasteiger partial charge in [-0.25, -0.2) is 4.68 Å². The van der Waals surface area contributed by atoms with Crippen molar-refractivity contribution in [2.24, 2.45) is 11.8 Å². The van der Waals surface area contributed by atoms with Crippen LogP contribution in [0.5, 0.6) is 0 Å². The van der Waals surface area contributed by atoms with Crippen molar-refractivity contribution in [1.29, 1.82) is 10.8 Å². The summed E-state index contributed by atoms with van der Waals surface area (Å²) >= 11 is 5.32. The first-order chi connectivity index (χ1) is 15.8. The molecule has 2 unspecified atom stereocenters. The Labute approximate surface area is 206 Å². The van der Waals surface area contributed by atoms with E-state index in [0.29, 0.717) is 30.8 Å². The van der Waals surface area contributed by atoms with Gasteiger partial charge in [0.15, 0.2) is 0 Å². The fourth-order valence-corrected chi connectivity index (χ4v) is 6.66. The minimum atomic E-state index is -0.706. The number of halogens is 1. The van der Waals surface area contributed by atoms with Crippen LogP contribution in [0, 0.1) is 22.7 Å². The number of hydrogen-bond donors (Lipinski definition) is 3. The van der Waals surface area contributed by atoms with E-state index in [1.807, 2.05) is 30.0 Å². The van der Waals surface area contributed by atoms with Gasteiger partial charge in [0.2, 0.25) is 0 Å². The lowest BCUT2D eigenvalue weighted by molar-refractivity contribution is -0.143. The number of hydrogen-bond acceptors (Lipinski definition) is 6. The van der Waals surface area contributed by atoms with Gasteiger partial charge in [0.1, 0.15) is 11.7 Å². The lowest BCUT2D eigenvalue weighted by atomic mass is 9.76. The Bertz CT molecular complexity index is 1100. The number of rotatable bonds is 7. The van der Waals surface area contributed by atoms with Crippen molar-refractivity contribution in [3.63, 3.8) is 0 Å². The summed E-state index contributed by atoms with van der Waals surface area (Å²) in [5.41, 5.74) is 3.25. The molecule has 1 saturated carbocycles. The van der Waals surface area contributed by atoms with Crippen LogP contribution >= 0.6 is 27.3 Å². The highest BCUT2D eigenvalue weighted by Crippen LogP contribution is 2.41. The first-order valence-corrected chi connectivity index (χ1v) is 12.9. The Kier molecular flexibility index (Phi) is 6.99. The number of anilines is 1. The summed E-state index contributed by atoms with van der Waals surface area (Å²) in [4.78, 5) is 13.4. The molecule has 0 spiro atoms. The second-order valence-electron chi connectivity index (χ2n) is 8.69. The van der Waals surface area contributed by atoms with Crippen LogP contribution in [-0.2, 0) is 4.79 Å². The van der Waals surface area contributed by atoms with E-state index < -0.39 is 5.97 Å². The van der Waals surface area contributed by atoms with E-state index in [0.717, 1.165) is 35.4 Å². The molecule has 2 aromatic rings. The lowest BCUT2D eigenvalue weighted by Crippen LogP contribution is -2.54. The van der Waals surface area contributed by atoms with Crippen LogP contribution in [0.3, 0.4) is 0 Å². The van der Waals surface area contributed by atoms with Crippen LogP contribution in [0.1, 0.15) is 43.2 Å². The third kappa shape index (κ3) is 4.48. The van der Waals surface area contributed by atoms with Crippen molar-refractivity contribution < 1.29 is 9.90 Å². The molecule has 0 aromatic carbocycles. The normalized spacial score (nSPS) is 25.6. The van der Waals surface area contributed by atoms with Gasteiger partial charge >= 0.3 is 5.97 Å². The predicted octanol–water partition coefficient (Wildman–Crippen LogP) is 5.27. The SMILES string of the molecule is C=C/C(=C\CC(=N)c1ccsc1)c1cnn2c1N(C)C(C1CCC(C(=O)O)CC1)C(Br)C2=N. The Balaban J connectivity index is 1.61. The molecule has 1 aliphatic carbocycles. The van der Waals surface area contributed by atoms with E-state index in [4.69, 9.17) is 10.8 Å². The maximum Gasteiger partial charge on any atom is 0.306 e. The number of allylic oxidation sites excluding steroid dienone is 3. The number of nitrogens with zero attached hydrogens (tertiary/aromatic N) is 3. The third-order valence-corrected chi connectivity index (χ3v) is 8.50. The number of aromatic nitrogens is 2. The van der Waals surface area contributed by atoms with Gasteiger partial charge < -0.3 is 15.4 Å². The number of thiophene rings is 1. The molecule has 9 heteroatoms. The summed E-state index contributed by atoms with van der Waals surface area (Å²) in [6, 6.07) is 1.98. The van der Waals surface area contributed by atoms with Crippen molar-refractivity contribution >= 4 is 56.2 Å². The maximum atomic E-state index is 11.4. The van der Waals surface area contributed by atoms with Gasteiger partial charge in [0.05, 0.1) is 23.0 Å². The van der Waals surface area contributed by atoms with Crippen molar-refractivity contribution in [1.82, 2.24) is 9.78 Å². The molecule has 0 saturated heterocycles. The number of carboxylic acids is 1. The van der Waals surface area contributed by atoms with Gasteiger partial charge in [-0.15, -0.1) is 0 Å². The zero-order chi connectivity index (χ0) is 23.7. The molecule has 2 aromatic heterocycles. The third-order valence-electron chi connectivity index (χ3n) is 6.85. The summed E-state index contributed by atoms with van der Waals surface area (Å²) in [6.45, 7) is 3.99. The molecule has 3 N–H and O–H groups in total. The van der Waals surface area contributed by atoms with E-state index in [9.17, 15) is 9.90 Å². The van der Waals surface area contributed by atoms with Crippen LogP contribution in [0.4, 0.5) is 5.82 Å². The molecule has 1 fully saturated rings. The standard InChI is InChI=1S/C24H28BrN5O2S/c1-3-14(8-9-19(26)17-10-11-33-13-17)18-12-28-30-22(27)20(25)21(29(2)23(18)30)15-4-6-16(7-5-15)24(31)32/h3,8,10-13,15-16,20-21,26-27H,1,4-7,9H2,2H3,(H,31,32)/b14-8+,26-19?,27-22?. The molecule has 2 aliphatic rings. The number of aliphatic carboxylic acids is 1. The molecule has 3 heterocycles. The van der Waals surface area contributed by atoms with Crippen molar-refractivity contribution in [3.8, 4) is 0 Å². The van der Waals surface area contributed by atoms with Crippen molar-refractivity contribution in [2.45, 2.75) is 43.0 Å². The van der Waals surface area contributed by atoms with Crippen molar-refractivity contribution in [3.05, 3.63) is 52.9 Å². The number of nitrogens with one attached hydrogen (secondary N) is 2. The lowest BCUT2D eigenvalue weighted by Gasteiger charge is -2.44. The number of fused-ring (bicyclic) bond motifs is 1. The topological polar surface area (TPSA) is 106 Å². The molecule has 33 heavy (non-hydrogen) atoms. The monoisotopic (exact) mass is 529 g/mol. The van der Waals surface area contributed by atoms with Gasteiger partial charge in [0, 0.05) is 30.3 Å². The molecule has 0 radical (unpaired) electrons. The summed E-state index contributed by atoms with van der Waals surface area (Å²) in [6.07, 6.45) is 9.02. The summed E-state index contributed by atoms with van der Waals surface area (Å²) in [5, 5.41) is 34.9. The highest BCUT2D eigenvalue weighted by Gasteiger charge is 2.43. The largest absolute Gasteiger partial charge is 0.481 e. The number of carboxylic acid groups (broad SMARTS) is 1. The van der Waals surface area contributed by atoms with Crippen LogP contribution in [0.15, 0.2) is 41.8 Å². The number of carbonyl (C=O) groups is 1. The summed E-state index contributed by atoms with van der Waals surface area (Å²) in [5.74, 6) is 0.541. The first kappa shape index (κ1) is 23.6. The average Bonchev–Trinajstić information content (AvgIpc) is 3.49. The van der Waals surface area contributed by atoms with Crippen LogP contribution in [0.2, 0.25) is 0 Å². The number of alkyl halides is 1. The van der Waals surface area contributed by atoms with Gasteiger partial charge in [0.25, 0.3) is 0 Å². The van der Waals surface area contributed by atoms with E-state index in [1.54, 1.807) is 28.3 Å². The van der Waals surface area contributed by atoms with Gasteiger partial charge in [-0.2, -0.15) is 16.4 Å². The zero-order valence-corrected chi connectivity index (χ0v) is 20.9. The Morgan fingerprint density at radius 1 is 1.39 bits per heavy atom.